The van der Waals surface area contributed by atoms with E-state index in [1.807, 2.05) is 6.20 Å². The largest absolute Gasteiger partial charge is 0.335 e. The number of hydrogen-bond donors (Lipinski definition) is 1. The molecule has 0 aliphatic heterocycles. The molecule has 0 fully saturated rings. The first kappa shape index (κ1) is 12.7. The molecule has 0 saturated heterocycles. The minimum atomic E-state index is -0.397. The summed E-state index contributed by atoms with van der Waals surface area (Å²) in [5.41, 5.74) is 6.51. The summed E-state index contributed by atoms with van der Waals surface area (Å²) in [6.45, 7) is 3.01. The Morgan fingerprint density at radius 1 is 1.44 bits per heavy atom. The fraction of sp³-hybridized carbons (Fsp3) is 0.385. The average molecular weight is 248 g/mol. The summed E-state index contributed by atoms with van der Waals surface area (Å²) >= 11 is 0. The zero-order chi connectivity index (χ0) is 13.0. The van der Waals surface area contributed by atoms with Crippen molar-refractivity contribution in [3.05, 3.63) is 48.1 Å². The van der Waals surface area contributed by atoms with E-state index in [0.717, 1.165) is 18.8 Å². The van der Waals surface area contributed by atoms with E-state index >= 15 is 0 Å². The highest BCUT2D eigenvalue weighted by atomic mass is 19.1. The molecule has 1 unspecified atom stereocenters. The zero-order valence-electron chi connectivity index (χ0n) is 10.4. The number of nitrogens with two attached hydrogens (primary N) is 1. The lowest BCUT2D eigenvalue weighted by Gasteiger charge is -2.13. The lowest BCUT2D eigenvalue weighted by molar-refractivity contribution is 0.554. The van der Waals surface area contributed by atoms with E-state index in [2.05, 4.69) is 21.5 Å². The van der Waals surface area contributed by atoms with Gasteiger partial charge in [0.05, 0.1) is 6.20 Å². The molecule has 2 aromatic heterocycles. The van der Waals surface area contributed by atoms with Crippen molar-refractivity contribution in [2.75, 3.05) is 0 Å². The molecular formula is C13H17FN4. The monoisotopic (exact) mass is 248 g/mol. The number of hydrogen-bond acceptors (Lipinski definition) is 3. The van der Waals surface area contributed by atoms with Gasteiger partial charge >= 0.3 is 0 Å². The predicted molar refractivity (Wildman–Crippen MR) is 67.3 cm³/mol. The van der Waals surface area contributed by atoms with Crippen LogP contribution in [0.4, 0.5) is 4.39 Å². The van der Waals surface area contributed by atoms with Crippen molar-refractivity contribution >= 4 is 0 Å². The molecule has 1 atom stereocenters. The van der Waals surface area contributed by atoms with Crippen LogP contribution in [0.3, 0.4) is 0 Å². The van der Waals surface area contributed by atoms with Gasteiger partial charge in [0, 0.05) is 43.2 Å². The number of rotatable bonds is 5. The first-order valence-corrected chi connectivity index (χ1v) is 6.07. The minimum absolute atomic E-state index is 0.362. The summed E-state index contributed by atoms with van der Waals surface area (Å²) in [6, 6.07) is 1.22. The molecule has 0 radical (unpaired) electrons. The molecule has 5 heteroatoms. The highest BCUT2D eigenvalue weighted by Crippen LogP contribution is 2.17. The Hall–Kier alpha value is -1.75. The van der Waals surface area contributed by atoms with Crippen LogP contribution in [-0.2, 0) is 13.0 Å². The second-order valence-electron chi connectivity index (χ2n) is 4.24. The molecule has 4 nitrogen and oxygen atoms in total. The van der Waals surface area contributed by atoms with Gasteiger partial charge in [0.25, 0.3) is 0 Å². The number of halogens is 1. The molecule has 2 aromatic rings. The third-order valence-corrected chi connectivity index (χ3v) is 2.87. The average Bonchev–Trinajstić information content (AvgIpc) is 2.78. The summed E-state index contributed by atoms with van der Waals surface area (Å²) in [4.78, 5) is 7.99. The molecular weight excluding hydrogens is 231 g/mol. The van der Waals surface area contributed by atoms with Gasteiger partial charge in [0.15, 0.2) is 0 Å². The molecule has 0 aromatic carbocycles. The number of imidazole rings is 1. The summed E-state index contributed by atoms with van der Waals surface area (Å²) in [5.74, 6) is 0.527. The predicted octanol–water partition coefficient (Wildman–Crippen LogP) is 2.07. The van der Waals surface area contributed by atoms with Crippen LogP contribution in [0.25, 0.3) is 0 Å². The van der Waals surface area contributed by atoms with Gasteiger partial charge in [-0.05, 0) is 12.5 Å². The third-order valence-electron chi connectivity index (χ3n) is 2.87. The molecule has 2 heterocycles. The highest BCUT2D eigenvalue weighted by molar-refractivity contribution is 5.18. The Bertz CT molecular complexity index is 509. The van der Waals surface area contributed by atoms with E-state index in [9.17, 15) is 4.39 Å². The molecule has 0 saturated carbocycles. The van der Waals surface area contributed by atoms with Gasteiger partial charge < -0.3 is 10.3 Å². The van der Waals surface area contributed by atoms with Gasteiger partial charge in [0.1, 0.15) is 11.6 Å². The Morgan fingerprint density at radius 3 is 3.00 bits per heavy atom. The van der Waals surface area contributed by atoms with Crippen LogP contribution in [0, 0.1) is 5.82 Å². The minimum Gasteiger partial charge on any atom is -0.335 e. The van der Waals surface area contributed by atoms with E-state index in [4.69, 9.17) is 5.73 Å². The molecule has 0 bridgehead atoms. The number of aryl methyl sites for hydroxylation is 1. The van der Waals surface area contributed by atoms with Crippen molar-refractivity contribution in [1.82, 2.24) is 14.5 Å². The van der Waals surface area contributed by atoms with Crippen LogP contribution in [-0.4, -0.2) is 14.5 Å². The van der Waals surface area contributed by atoms with Gasteiger partial charge in [-0.3, -0.25) is 4.98 Å². The standard InChI is InChI=1S/C13H17FN4/c1-2-6-18-7-5-17-13(18)8-12(15)10-3-4-16-9-11(10)14/h3-5,7,9,12H,2,6,8,15H2,1H3. The van der Waals surface area contributed by atoms with E-state index in [-0.39, 0.29) is 5.82 Å². The van der Waals surface area contributed by atoms with Crippen LogP contribution in [0.5, 0.6) is 0 Å². The van der Waals surface area contributed by atoms with Crippen molar-refractivity contribution in [3.8, 4) is 0 Å². The Kier molecular flexibility index (Phi) is 4.04. The molecule has 2 rings (SSSR count). The molecule has 96 valence electrons. The van der Waals surface area contributed by atoms with Crippen molar-refractivity contribution in [3.63, 3.8) is 0 Å². The van der Waals surface area contributed by atoms with Crippen molar-refractivity contribution in [1.29, 1.82) is 0 Å². The fourth-order valence-corrected chi connectivity index (χ4v) is 1.97. The summed E-state index contributed by atoms with van der Waals surface area (Å²) < 4.78 is 15.6. The Balaban J connectivity index is 2.14. The summed E-state index contributed by atoms with van der Waals surface area (Å²) in [6.07, 6.45) is 7.97. The first-order valence-electron chi connectivity index (χ1n) is 6.07. The number of aromatic nitrogens is 3. The second kappa shape index (κ2) is 5.73. The molecule has 0 aliphatic rings. The fourth-order valence-electron chi connectivity index (χ4n) is 1.97. The molecule has 18 heavy (non-hydrogen) atoms. The van der Waals surface area contributed by atoms with Crippen LogP contribution < -0.4 is 5.73 Å². The van der Waals surface area contributed by atoms with Gasteiger partial charge in [-0.25, -0.2) is 9.37 Å². The van der Waals surface area contributed by atoms with Crippen molar-refractivity contribution < 1.29 is 4.39 Å². The zero-order valence-corrected chi connectivity index (χ0v) is 10.4. The molecule has 0 spiro atoms. The number of pyridine rings is 1. The smallest absolute Gasteiger partial charge is 0.146 e. The Labute approximate surface area is 106 Å². The van der Waals surface area contributed by atoms with E-state index in [1.54, 1.807) is 18.5 Å². The van der Waals surface area contributed by atoms with Crippen molar-refractivity contribution in [2.45, 2.75) is 32.4 Å². The van der Waals surface area contributed by atoms with E-state index in [1.165, 1.54) is 6.20 Å². The quantitative estimate of drug-likeness (QED) is 0.881. The second-order valence-corrected chi connectivity index (χ2v) is 4.24. The first-order chi connectivity index (χ1) is 8.72. The third kappa shape index (κ3) is 2.73. The maximum absolute atomic E-state index is 13.5. The maximum atomic E-state index is 13.5. The maximum Gasteiger partial charge on any atom is 0.146 e. The summed E-state index contributed by atoms with van der Waals surface area (Å²) in [5, 5.41) is 0. The van der Waals surface area contributed by atoms with Crippen LogP contribution in [0.15, 0.2) is 30.9 Å². The van der Waals surface area contributed by atoms with E-state index < -0.39 is 6.04 Å². The van der Waals surface area contributed by atoms with E-state index in [0.29, 0.717) is 12.0 Å². The van der Waals surface area contributed by atoms with Crippen LogP contribution >= 0.6 is 0 Å². The van der Waals surface area contributed by atoms with Crippen molar-refractivity contribution in [2.24, 2.45) is 5.73 Å². The number of nitrogens with zero attached hydrogens (tertiary/aromatic N) is 3. The molecule has 0 aliphatic carbocycles. The summed E-state index contributed by atoms with van der Waals surface area (Å²) in [7, 11) is 0. The van der Waals surface area contributed by atoms with Crippen LogP contribution in [0.1, 0.15) is 30.8 Å². The molecule has 2 N–H and O–H groups in total. The lowest BCUT2D eigenvalue weighted by Crippen LogP contribution is -2.18. The van der Waals surface area contributed by atoms with Gasteiger partial charge in [-0.2, -0.15) is 0 Å². The highest BCUT2D eigenvalue weighted by Gasteiger charge is 2.14. The van der Waals surface area contributed by atoms with Gasteiger partial charge in [-0.1, -0.05) is 6.92 Å². The SMILES string of the molecule is CCCn1ccnc1CC(N)c1ccncc1F. The Morgan fingerprint density at radius 2 is 2.28 bits per heavy atom. The molecule has 0 amide bonds. The van der Waals surface area contributed by atoms with Gasteiger partial charge in [0.2, 0.25) is 0 Å². The van der Waals surface area contributed by atoms with Gasteiger partial charge in [-0.15, -0.1) is 0 Å². The van der Waals surface area contributed by atoms with Crippen LogP contribution in [0.2, 0.25) is 0 Å². The lowest BCUT2D eigenvalue weighted by atomic mass is 10.1. The normalized spacial score (nSPS) is 12.6. The topological polar surface area (TPSA) is 56.7 Å².